The summed E-state index contributed by atoms with van der Waals surface area (Å²) in [6.45, 7) is 6.49. The SMILES string of the molecule is CCCCc1c(OC)c(C(=O)N2CCOCC2)cc(OC)c1-c1c[nH]c(C)c1. The standard InChI is InChI=1S/C22H30N2O4/c1-5-6-7-17-20(16-12-15(2)23-14-16)19(26-3)13-18(21(17)27-4)22(25)24-8-10-28-11-9-24/h12-14,23H,5-11H2,1-4H3. The molecule has 28 heavy (non-hydrogen) atoms. The fourth-order valence-electron chi connectivity index (χ4n) is 3.74. The molecule has 0 atom stereocenters. The second kappa shape index (κ2) is 9.15. The molecule has 1 amide bonds. The smallest absolute Gasteiger partial charge is 0.257 e. The molecule has 1 fully saturated rings. The minimum absolute atomic E-state index is 0.0343. The normalized spacial score (nSPS) is 14.2. The number of H-pyrrole nitrogens is 1. The highest BCUT2D eigenvalue weighted by Gasteiger charge is 2.28. The predicted octanol–water partition coefficient (Wildman–Crippen LogP) is 3.82. The lowest BCUT2D eigenvalue weighted by atomic mass is 9.92. The van der Waals surface area contributed by atoms with Crippen molar-refractivity contribution in [3.8, 4) is 22.6 Å². The van der Waals surface area contributed by atoms with Gasteiger partial charge in [0.25, 0.3) is 5.91 Å². The lowest BCUT2D eigenvalue weighted by Crippen LogP contribution is -2.40. The van der Waals surface area contributed by atoms with Crippen LogP contribution in [0.25, 0.3) is 11.1 Å². The van der Waals surface area contributed by atoms with Gasteiger partial charge in [-0.2, -0.15) is 0 Å². The maximum Gasteiger partial charge on any atom is 0.257 e. The molecule has 2 heterocycles. The molecule has 152 valence electrons. The number of morpholine rings is 1. The summed E-state index contributed by atoms with van der Waals surface area (Å²) >= 11 is 0. The maximum absolute atomic E-state index is 13.3. The quantitative estimate of drug-likeness (QED) is 0.786. The zero-order valence-electron chi connectivity index (χ0n) is 17.3. The number of carbonyl (C=O) groups excluding carboxylic acids is 1. The van der Waals surface area contributed by atoms with Crippen molar-refractivity contribution in [2.24, 2.45) is 0 Å². The molecule has 1 aliphatic heterocycles. The minimum atomic E-state index is -0.0343. The van der Waals surface area contributed by atoms with Crippen molar-refractivity contribution in [3.05, 3.63) is 35.2 Å². The molecule has 1 aromatic carbocycles. The summed E-state index contributed by atoms with van der Waals surface area (Å²) in [7, 11) is 3.29. The Morgan fingerprint density at radius 3 is 2.54 bits per heavy atom. The number of nitrogens with one attached hydrogen (secondary N) is 1. The largest absolute Gasteiger partial charge is 0.496 e. The van der Waals surface area contributed by atoms with E-state index in [0.29, 0.717) is 43.4 Å². The van der Waals surface area contributed by atoms with E-state index in [-0.39, 0.29) is 5.91 Å². The molecular formula is C22H30N2O4. The lowest BCUT2D eigenvalue weighted by Gasteiger charge is -2.28. The van der Waals surface area contributed by atoms with E-state index in [0.717, 1.165) is 41.6 Å². The van der Waals surface area contributed by atoms with Gasteiger partial charge in [-0.3, -0.25) is 4.79 Å². The number of aryl methyl sites for hydroxylation is 1. The molecule has 0 spiro atoms. The van der Waals surface area contributed by atoms with Gasteiger partial charge in [0.1, 0.15) is 11.5 Å². The molecule has 1 aliphatic rings. The van der Waals surface area contributed by atoms with Crippen LogP contribution >= 0.6 is 0 Å². The van der Waals surface area contributed by atoms with Crippen molar-refractivity contribution >= 4 is 5.91 Å². The third-order valence-corrected chi connectivity index (χ3v) is 5.19. The molecular weight excluding hydrogens is 356 g/mol. The Kier molecular flexibility index (Phi) is 6.62. The highest BCUT2D eigenvalue weighted by atomic mass is 16.5. The first-order valence-corrected chi connectivity index (χ1v) is 9.90. The number of amides is 1. The highest BCUT2D eigenvalue weighted by Crippen LogP contribution is 2.42. The van der Waals surface area contributed by atoms with Crippen LogP contribution in [0.3, 0.4) is 0 Å². The van der Waals surface area contributed by atoms with Gasteiger partial charge in [-0.15, -0.1) is 0 Å². The molecule has 1 aromatic heterocycles. The average Bonchev–Trinajstić information content (AvgIpc) is 3.16. The van der Waals surface area contributed by atoms with Crippen LogP contribution in [0.4, 0.5) is 0 Å². The molecule has 0 saturated carbocycles. The Hall–Kier alpha value is -2.47. The molecule has 1 saturated heterocycles. The van der Waals surface area contributed by atoms with E-state index < -0.39 is 0 Å². The molecule has 6 nitrogen and oxygen atoms in total. The number of aromatic amines is 1. The number of carbonyl (C=O) groups is 1. The van der Waals surface area contributed by atoms with E-state index in [4.69, 9.17) is 14.2 Å². The Balaban J connectivity index is 2.16. The van der Waals surface area contributed by atoms with Crippen LogP contribution < -0.4 is 9.47 Å². The molecule has 6 heteroatoms. The molecule has 0 bridgehead atoms. The number of ether oxygens (including phenoxy) is 3. The molecule has 2 aromatic rings. The summed E-state index contributed by atoms with van der Waals surface area (Å²) < 4.78 is 16.9. The zero-order chi connectivity index (χ0) is 20.1. The van der Waals surface area contributed by atoms with Gasteiger partial charge in [0.2, 0.25) is 0 Å². The summed E-state index contributed by atoms with van der Waals surface area (Å²) in [5, 5.41) is 0. The van der Waals surface area contributed by atoms with Crippen LogP contribution in [0.1, 0.15) is 41.4 Å². The van der Waals surface area contributed by atoms with E-state index in [1.165, 1.54) is 0 Å². The minimum Gasteiger partial charge on any atom is -0.496 e. The Labute approximate surface area is 166 Å². The lowest BCUT2D eigenvalue weighted by molar-refractivity contribution is 0.0300. The Bertz CT molecular complexity index is 822. The first kappa shape index (κ1) is 20.3. The molecule has 1 N–H and O–H groups in total. The number of benzene rings is 1. The van der Waals surface area contributed by atoms with Crippen molar-refractivity contribution in [1.82, 2.24) is 9.88 Å². The van der Waals surface area contributed by atoms with Gasteiger partial charge >= 0.3 is 0 Å². The van der Waals surface area contributed by atoms with E-state index in [2.05, 4.69) is 18.0 Å². The van der Waals surface area contributed by atoms with Crippen LogP contribution in [0.5, 0.6) is 11.5 Å². The molecule has 0 unspecified atom stereocenters. The number of hydrogen-bond acceptors (Lipinski definition) is 4. The van der Waals surface area contributed by atoms with Gasteiger partial charge in [-0.05, 0) is 31.9 Å². The zero-order valence-corrected chi connectivity index (χ0v) is 17.3. The maximum atomic E-state index is 13.3. The van der Waals surface area contributed by atoms with Crippen molar-refractivity contribution < 1.29 is 19.0 Å². The molecule has 0 radical (unpaired) electrons. The summed E-state index contributed by atoms with van der Waals surface area (Å²) in [5.41, 5.74) is 4.70. The van der Waals surface area contributed by atoms with E-state index in [1.807, 2.05) is 24.1 Å². The highest BCUT2D eigenvalue weighted by molar-refractivity contribution is 6.00. The Morgan fingerprint density at radius 2 is 1.96 bits per heavy atom. The van der Waals surface area contributed by atoms with Crippen molar-refractivity contribution in [1.29, 1.82) is 0 Å². The van der Waals surface area contributed by atoms with Crippen molar-refractivity contribution in [2.75, 3.05) is 40.5 Å². The van der Waals surface area contributed by atoms with Gasteiger partial charge in [-0.25, -0.2) is 0 Å². The van der Waals surface area contributed by atoms with Crippen LogP contribution in [0, 0.1) is 6.92 Å². The van der Waals surface area contributed by atoms with Crippen LogP contribution in [0.2, 0.25) is 0 Å². The Morgan fingerprint density at radius 1 is 1.21 bits per heavy atom. The average molecular weight is 386 g/mol. The topological polar surface area (TPSA) is 63.8 Å². The number of nitrogens with zero attached hydrogens (tertiary/aromatic N) is 1. The van der Waals surface area contributed by atoms with Crippen molar-refractivity contribution in [2.45, 2.75) is 33.1 Å². The first-order valence-electron chi connectivity index (χ1n) is 9.90. The first-order chi connectivity index (χ1) is 13.6. The number of unbranched alkanes of at least 4 members (excludes halogenated alkanes) is 1. The van der Waals surface area contributed by atoms with E-state index in [9.17, 15) is 4.79 Å². The second-order valence-corrected chi connectivity index (χ2v) is 7.09. The van der Waals surface area contributed by atoms with E-state index >= 15 is 0 Å². The number of methoxy groups -OCH3 is 2. The second-order valence-electron chi connectivity index (χ2n) is 7.09. The summed E-state index contributed by atoms with van der Waals surface area (Å²) in [5.74, 6) is 1.31. The third kappa shape index (κ3) is 4.02. The van der Waals surface area contributed by atoms with Crippen molar-refractivity contribution in [3.63, 3.8) is 0 Å². The summed E-state index contributed by atoms with van der Waals surface area (Å²) in [4.78, 5) is 18.3. The van der Waals surface area contributed by atoms with Gasteiger partial charge in [0.15, 0.2) is 0 Å². The molecule has 3 rings (SSSR count). The summed E-state index contributed by atoms with van der Waals surface area (Å²) in [6, 6.07) is 3.92. The van der Waals surface area contributed by atoms with Gasteiger partial charge in [-0.1, -0.05) is 13.3 Å². The number of rotatable bonds is 7. The fraction of sp³-hybridized carbons (Fsp3) is 0.500. The van der Waals surface area contributed by atoms with E-state index in [1.54, 1.807) is 14.2 Å². The van der Waals surface area contributed by atoms with Gasteiger partial charge in [0, 0.05) is 41.7 Å². The van der Waals surface area contributed by atoms with Crippen LogP contribution in [-0.2, 0) is 11.2 Å². The molecule has 0 aliphatic carbocycles. The van der Waals surface area contributed by atoms with Crippen LogP contribution in [0.15, 0.2) is 18.3 Å². The monoisotopic (exact) mass is 386 g/mol. The number of aromatic nitrogens is 1. The fourth-order valence-corrected chi connectivity index (χ4v) is 3.74. The van der Waals surface area contributed by atoms with Crippen LogP contribution in [-0.4, -0.2) is 56.3 Å². The van der Waals surface area contributed by atoms with Gasteiger partial charge in [0.05, 0.1) is 33.0 Å². The predicted molar refractivity (Wildman–Crippen MR) is 109 cm³/mol. The van der Waals surface area contributed by atoms with Gasteiger partial charge < -0.3 is 24.1 Å². The number of hydrogen-bond donors (Lipinski definition) is 1. The summed E-state index contributed by atoms with van der Waals surface area (Å²) in [6.07, 6.45) is 4.86. The third-order valence-electron chi connectivity index (χ3n) is 5.19.